The molecule has 2 aromatic heterocycles. The van der Waals surface area contributed by atoms with Crippen molar-refractivity contribution in [3.05, 3.63) is 54.2 Å². The number of nitrogens with zero attached hydrogens (tertiary/aromatic N) is 2. The fourth-order valence-corrected chi connectivity index (χ4v) is 2.38. The molecular weight excluding hydrogens is 322 g/mol. The second kappa shape index (κ2) is 7.48. The Kier molecular flexibility index (Phi) is 4.94. The Balaban J connectivity index is 1.66. The molecule has 0 unspecified atom stereocenters. The lowest BCUT2D eigenvalue weighted by atomic mass is 10.2. The summed E-state index contributed by atoms with van der Waals surface area (Å²) in [6, 6.07) is 12.6. The van der Waals surface area contributed by atoms with Crippen LogP contribution in [0.5, 0.6) is 17.4 Å². The number of ether oxygens (including phenoxy) is 3. The molecule has 3 rings (SSSR count). The fourth-order valence-electron chi connectivity index (χ4n) is 2.38. The maximum Gasteiger partial charge on any atom is 0.414 e. The Labute approximate surface area is 144 Å². The van der Waals surface area contributed by atoms with Crippen LogP contribution in [-0.2, 0) is 6.54 Å². The van der Waals surface area contributed by atoms with Crippen molar-refractivity contribution >= 4 is 17.1 Å². The predicted octanol–water partition coefficient (Wildman–Crippen LogP) is 2.94. The lowest BCUT2D eigenvalue weighted by Gasteiger charge is -2.13. The Morgan fingerprint density at radius 3 is 2.76 bits per heavy atom. The van der Waals surface area contributed by atoms with Crippen molar-refractivity contribution in [3.63, 3.8) is 0 Å². The molecule has 1 aromatic carbocycles. The Hall–Kier alpha value is -3.35. The van der Waals surface area contributed by atoms with Crippen LogP contribution in [0.2, 0.25) is 0 Å². The summed E-state index contributed by atoms with van der Waals surface area (Å²) in [5.74, 6) is 1.34. The second-order valence-electron chi connectivity index (χ2n) is 5.10. The summed E-state index contributed by atoms with van der Waals surface area (Å²) in [6.45, 7) is 0.227. The average Bonchev–Trinajstić information content (AvgIpc) is 2.65. The summed E-state index contributed by atoms with van der Waals surface area (Å²) in [4.78, 5) is 20.3. The number of aromatic nitrogens is 2. The molecule has 128 valence electrons. The van der Waals surface area contributed by atoms with Crippen molar-refractivity contribution in [2.75, 3.05) is 14.2 Å². The largest absolute Gasteiger partial charge is 0.493 e. The minimum Gasteiger partial charge on any atom is -0.493 e. The van der Waals surface area contributed by atoms with Crippen molar-refractivity contribution in [1.82, 2.24) is 15.3 Å². The van der Waals surface area contributed by atoms with Gasteiger partial charge in [0.1, 0.15) is 0 Å². The molecule has 3 aromatic rings. The van der Waals surface area contributed by atoms with E-state index in [1.165, 1.54) is 0 Å². The maximum absolute atomic E-state index is 12.0. The van der Waals surface area contributed by atoms with Gasteiger partial charge < -0.3 is 19.5 Å². The monoisotopic (exact) mass is 339 g/mol. The van der Waals surface area contributed by atoms with Gasteiger partial charge in [0.05, 0.1) is 14.2 Å². The van der Waals surface area contributed by atoms with E-state index in [1.54, 1.807) is 38.6 Å². The molecule has 0 saturated carbocycles. The predicted molar refractivity (Wildman–Crippen MR) is 91.9 cm³/mol. The third kappa shape index (κ3) is 3.77. The summed E-state index contributed by atoms with van der Waals surface area (Å²) in [5.41, 5.74) is 1.29. The summed E-state index contributed by atoms with van der Waals surface area (Å²) >= 11 is 0. The van der Waals surface area contributed by atoms with Crippen LogP contribution in [0.25, 0.3) is 11.0 Å². The number of para-hydroxylation sites is 1. The highest BCUT2D eigenvalue weighted by Crippen LogP contribution is 2.30. The van der Waals surface area contributed by atoms with Gasteiger partial charge in [0.2, 0.25) is 5.88 Å². The zero-order valence-corrected chi connectivity index (χ0v) is 13.9. The number of hydrogen-bond donors (Lipinski definition) is 1. The zero-order valence-electron chi connectivity index (χ0n) is 13.9. The smallest absolute Gasteiger partial charge is 0.414 e. The molecule has 0 aliphatic rings. The molecule has 1 amide bonds. The number of carbonyl (C=O) groups is 1. The van der Waals surface area contributed by atoms with E-state index in [1.807, 2.05) is 24.3 Å². The second-order valence-corrected chi connectivity index (χ2v) is 5.10. The SMILES string of the molecule is COc1cccc(CNC(=O)Oc2ccc3cccnc3n2)c1OC. The normalized spacial score (nSPS) is 10.3. The highest BCUT2D eigenvalue weighted by molar-refractivity contribution is 5.76. The van der Waals surface area contributed by atoms with E-state index in [-0.39, 0.29) is 12.4 Å². The summed E-state index contributed by atoms with van der Waals surface area (Å²) in [7, 11) is 3.11. The standard InChI is InChI=1S/C18H17N3O4/c1-23-14-7-3-5-13(16(14)24-2)11-20-18(22)25-15-9-8-12-6-4-10-19-17(12)21-15/h3-10H,11H2,1-2H3,(H,20,22). The Morgan fingerprint density at radius 2 is 1.96 bits per heavy atom. The van der Waals surface area contributed by atoms with Crippen LogP contribution in [0.15, 0.2) is 48.7 Å². The molecular formula is C18H17N3O4. The molecule has 0 aliphatic heterocycles. The molecule has 0 radical (unpaired) electrons. The minimum absolute atomic E-state index is 0.182. The first-order valence-electron chi connectivity index (χ1n) is 7.58. The molecule has 1 N–H and O–H groups in total. The Morgan fingerprint density at radius 1 is 1.08 bits per heavy atom. The quantitative estimate of drug-likeness (QED) is 0.769. The summed E-state index contributed by atoms with van der Waals surface area (Å²) in [6.07, 6.45) is 1.02. The fraction of sp³-hybridized carbons (Fsp3) is 0.167. The van der Waals surface area contributed by atoms with Crippen molar-refractivity contribution in [2.45, 2.75) is 6.54 Å². The molecule has 7 heteroatoms. The number of hydrogen-bond acceptors (Lipinski definition) is 6. The van der Waals surface area contributed by atoms with Gasteiger partial charge in [-0.05, 0) is 24.3 Å². The van der Waals surface area contributed by atoms with E-state index in [0.717, 1.165) is 10.9 Å². The number of benzene rings is 1. The summed E-state index contributed by atoms with van der Waals surface area (Å²) in [5, 5.41) is 3.54. The number of pyridine rings is 2. The van der Waals surface area contributed by atoms with Gasteiger partial charge in [0.25, 0.3) is 0 Å². The minimum atomic E-state index is -0.618. The van der Waals surface area contributed by atoms with Crippen LogP contribution in [0.3, 0.4) is 0 Å². The van der Waals surface area contributed by atoms with Crippen LogP contribution >= 0.6 is 0 Å². The lowest BCUT2D eigenvalue weighted by molar-refractivity contribution is 0.198. The lowest BCUT2D eigenvalue weighted by Crippen LogP contribution is -2.26. The van der Waals surface area contributed by atoms with Crippen molar-refractivity contribution in [1.29, 1.82) is 0 Å². The van der Waals surface area contributed by atoms with Gasteiger partial charge in [-0.2, -0.15) is 4.98 Å². The van der Waals surface area contributed by atoms with E-state index in [0.29, 0.717) is 17.1 Å². The molecule has 2 heterocycles. The number of fused-ring (bicyclic) bond motifs is 1. The first-order valence-corrected chi connectivity index (χ1v) is 7.58. The zero-order chi connectivity index (χ0) is 17.6. The molecule has 0 saturated heterocycles. The highest BCUT2D eigenvalue weighted by atomic mass is 16.6. The van der Waals surface area contributed by atoms with Crippen LogP contribution in [-0.4, -0.2) is 30.3 Å². The van der Waals surface area contributed by atoms with Gasteiger partial charge in [0, 0.05) is 29.8 Å². The van der Waals surface area contributed by atoms with Crippen molar-refractivity contribution in [2.24, 2.45) is 0 Å². The Bertz CT molecular complexity index is 898. The first-order chi connectivity index (χ1) is 12.2. The van der Waals surface area contributed by atoms with Crippen LogP contribution < -0.4 is 19.5 Å². The van der Waals surface area contributed by atoms with Crippen molar-refractivity contribution < 1.29 is 19.0 Å². The molecule has 25 heavy (non-hydrogen) atoms. The summed E-state index contributed by atoms with van der Waals surface area (Å²) < 4.78 is 15.8. The van der Waals surface area contributed by atoms with Crippen molar-refractivity contribution in [3.8, 4) is 17.4 Å². The van der Waals surface area contributed by atoms with Gasteiger partial charge in [-0.15, -0.1) is 0 Å². The van der Waals surface area contributed by atoms with E-state index in [4.69, 9.17) is 14.2 Å². The van der Waals surface area contributed by atoms with E-state index in [2.05, 4.69) is 15.3 Å². The van der Waals surface area contributed by atoms with Gasteiger partial charge in [0.15, 0.2) is 17.1 Å². The van der Waals surface area contributed by atoms with E-state index in [9.17, 15) is 4.79 Å². The number of methoxy groups -OCH3 is 2. The third-order valence-corrected chi connectivity index (χ3v) is 3.54. The van der Waals surface area contributed by atoms with Gasteiger partial charge >= 0.3 is 6.09 Å². The molecule has 0 fully saturated rings. The highest BCUT2D eigenvalue weighted by Gasteiger charge is 2.12. The molecule has 0 bridgehead atoms. The van der Waals surface area contributed by atoms with E-state index < -0.39 is 6.09 Å². The maximum atomic E-state index is 12.0. The third-order valence-electron chi connectivity index (χ3n) is 3.54. The first kappa shape index (κ1) is 16.5. The van der Waals surface area contributed by atoms with E-state index >= 15 is 0 Å². The molecule has 0 aliphatic carbocycles. The van der Waals surface area contributed by atoms with Crippen LogP contribution in [0, 0.1) is 0 Å². The van der Waals surface area contributed by atoms with Crippen LogP contribution in [0.4, 0.5) is 4.79 Å². The number of amides is 1. The molecule has 0 atom stereocenters. The van der Waals surface area contributed by atoms with Gasteiger partial charge in [-0.25, -0.2) is 9.78 Å². The number of rotatable bonds is 5. The number of nitrogens with one attached hydrogen (secondary N) is 1. The topological polar surface area (TPSA) is 82.6 Å². The van der Waals surface area contributed by atoms with Gasteiger partial charge in [-0.3, -0.25) is 0 Å². The molecule has 7 nitrogen and oxygen atoms in total. The average molecular weight is 339 g/mol. The molecule has 0 spiro atoms. The van der Waals surface area contributed by atoms with Gasteiger partial charge in [-0.1, -0.05) is 12.1 Å². The number of carbonyl (C=O) groups excluding carboxylic acids is 1. The van der Waals surface area contributed by atoms with Crippen LogP contribution in [0.1, 0.15) is 5.56 Å².